The Morgan fingerprint density at radius 2 is 1.78 bits per heavy atom. The van der Waals surface area contributed by atoms with Crippen molar-refractivity contribution in [1.29, 1.82) is 0 Å². The lowest BCUT2D eigenvalue weighted by atomic mass is 10.1. The number of hydrogen-bond donors (Lipinski definition) is 0. The molecule has 0 bridgehead atoms. The molecule has 0 atom stereocenters. The monoisotopic (exact) mass is 381 g/mol. The number of rotatable bonds is 3. The van der Waals surface area contributed by atoms with E-state index in [0.717, 1.165) is 5.56 Å². The maximum atomic E-state index is 12.8. The molecule has 0 aliphatic heterocycles. The van der Waals surface area contributed by atoms with Crippen molar-refractivity contribution in [2.24, 2.45) is 0 Å². The van der Waals surface area contributed by atoms with Gasteiger partial charge in [-0.05, 0) is 23.8 Å². The molecule has 0 unspecified atom stereocenters. The molecule has 0 N–H and O–H groups in total. The summed E-state index contributed by atoms with van der Waals surface area (Å²) in [5, 5.41) is 0.289. The number of hydrogen-bond acceptors (Lipinski definition) is 1. The third kappa shape index (κ3) is 3.17. The number of aromatic nitrogens is 1. The minimum Gasteiger partial charge on any atom is -0.342 e. The third-order valence-electron chi connectivity index (χ3n) is 3.54. The van der Waals surface area contributed by atoms with Gasteiger partial charge in [0.15, 0.2) is 0 Å². The summed E-state index contributed by atoms with van der Waals surface area (Å²) in [6, 6.07) is 14.3. The summed E-state index contributed by atoms with van der Waals surface area (Å²) in [6.07, 6.45) is -3.62. The van der Waals surface area contributed by atoms with Crippen LogP contribution in [0.25, 0.3) is 10.9 Å². The van der Waals surface area contributed by atoms with Crippen LogP contribution in [0.2, 0.25) is 0 Å². The van der Waals surface area contributed by atoms with Gasteiger partial charge < -0.3 is 4.57 Å². The highest BCUT2D eigenvalue weighted by Gasteiger charge is 2.40. The Morgan fingerprint density at radius 3 is 2.43 bits per heavy atom. The molecule has 1 heterocycles. The number of carbonyl (C=O) groups excluding carboxylic acids is 1. The number of benzene rings is 2. The van der Waals surface area contributed by atoms with Crippen molar-refractivity contribution in [2.45, 2.75) is 12.7 Å². The molecular weight excluding hydrogens is 371 g/mol. The van der Waals surface area contributed by atoms with E-state index in [0.29, 0.717) is 16.5 Å². The molecule has 0 aliphatic rings. The van der Waals surface area contributed by atoms with Crippen molar-refractivity contribution in [2.75, 3.05) is 0 Å². The largest absolute Gasteiger partial charge is 0.454 e. The van der Waals surface area contributed by atoms with Crippen molar-refractivity contribution in [3.05, 3.63) is 70.3 Å². The third-order valence-corrected chi connectivity index (χ3v) is 4.03. The van der Waals surface area contributed by atoms with Gasteiger partial charge in [-0.2, -0.15) is 13.2 Å². The molecule has 0 radical (unpaired) electrons. The van der Waals surface area contributed by atoms with E-state index in [-0.39, 0.29) is 10.9 Å². The summed E-state index contributed by atoms with van der Waals surface area (Å²) in [5.74, 6) is -1.83. The molecule has 118 valence electrons. The van der Waals surface area contributed by atoms with Crippen LogP contribution in [0, 0.1) is 0 Å². The minimum atomic E-state index is -4.89. The maximum Gasteiger partial charge on any atom is 0.454 e. The van der Waals surface area contributed by atoms with Crippen LogP contribution < -0.4 is 0 Å². The van der Waals surface area contributed by atoms with Crippen LogP contribution in [0.1, 0.15) is 15.9 Å². The zero-order valence-corrected chi connectivity index (χ0v) is 13.4. The smallest absolute Gasteiger partial charge is 0.342 e. The van der Waals surface area contributed by atoms with Gasteiger partial charge in [0, 0.05) is 28.1 Å². The van der Waals surface area contributed by atoms with Gasteiger partial charge in [0.2, 0.25) is 0 Å². The molecule has 2 aromatic carbocycles. The molecule has 3 rings (SSSR count). The van der Waals surface area contributed by atoms with Crippen LogP contribution in [0.15, 0.2) is 59.2 Å². The second kappa shape index (κ2) is 5.85. The van der Waals surface area contributed by atoms with Crippen molar-refractivity contribution in [3.8, 4) is 0 Å². The summed E-state index contributed by atoms with van der Waals surface area (Å²) in [6.45, 7) is 0.393. The van der Waals surface area contributed by atoms with Gasteiger partial charge in [0.1, 0.15) is 0 Å². The fraction of sp³-hybridized carbons (Fsp3) is 0.118. The van der Waals surface area contributed by atoms with E-state index >= 15 is 0 Å². The zero-order chi connectivity index (χ0) is 16.6. The molecule has 1 aromatic heterocycles. The summed E-state index contributed by atoms with van der Waals surface area (Å²) < 4.78 is 40.8. The Labute approximate surface area is 138 Å². The van der Waals surface area contributed by atoms with E-state index < -0.39 is 12.0 Å². The number of halogens is 4. The van der Waals surface area contributed by atoms with E-state index in [2.05, 4.69) is 15.9 Å². The fourth-order valence-corrected chi connectivity index (χ4v) is 2.88. The van der Waals surface area contributed by atoms with Crippen LogP contribution in [-0.2, 0) is 6.54 Å². The lowest BCUT2D eigenvalue weighted by Crippen LogP contribution is -2.22. The van der Waals surface area contributed by atoms with Gasteiger partial charge in [-0.3, -0.25) is 4.79 Å². The Kier molecular flexibility index (Phi) is 4.02. The molecule has 3 aromatic rings. The number of Topliss-reactive ketones (excluding diaryl/α,β-unsaturated/α-hetero) is 1. The minimum absolute atomic E-state index is 0.289. The molecule has 23 heavy (non-hydrogen) atoms. The highest BCUT2D eigenvalue weighted by atomic mass is 79.9. The predicted octanol–water partition coefficient (Wildman–Crippen LogP) is 5.20. The second-order valence-electron chi connectivity index (χ2n) is 5.14. The lowest BCUT2D eigenvalue weighted by Gasteiger charge is -2.05. The molecule has 0 fully saturated rings. The molecule has 2 nitrogen and oxygen atoms in total. The number of alkyl halides is 3. The van der Waals surface area contributed by atoms with Crippen LogP contribution in [0.3, 0.4) is 0 Å². The molecule has 0 aliphatic carbocycles. The Balaban J connectivity index is 2.14. The van der Waals surface area contributed by atoms with Gasteiger partial charge in [-0.1, -0.05) is 46.3 Å². The van der Waals surface area contributed by atoms with E-state index in [4.69, 9.17) is 0 Å². The Morgan fingerprint density at radius 1 is 1.09 bits per heavy atom. The van der Waals surface area contributed by atoms with Crippen molar-refractivity contribution in [3.63, 3.8) is 0 Å². The maximum absolute atomic E-state index is 12.8. The number of fused-ring (bicyclic) bond motifs is 1. The van der Waals surface area contributed by atoms with E-state index in [9.17, 15) is 18.0 Å². The van der Waals surface area contributed by atoms with Crippen molar-refractivity contribution >= 4 is 32.6 Å². The fourth-order valence-electron chi connectivity index (χ4n) is 2.51. The van der Waals surface area contributed by atoms with Crippen molar-refractivity contribution < 1.29 is 18.0 Å². The average molecular weight is 382 g/mol. The average Bonchev–Trinajstić information content (AvgIpc) is 2.84. The normalized spacial score (nSPS) is 11.8. The second-order valence-corrected chi connectivity index (χ2v) is 6.06. The number of nitrogens with zero attached hydrogens (tertiary/aromatic N) is 1. The quantitative estimate of drug-likeness (QED) is 0.571. The lowest BCUT2D eigenvalue weighted by molar-refractivity contribution is -0.0884. The first kappa shape index (κ1) is 15.8. The van der Waals surface area contributed by atoms with Gasteiger partial charge in [-0.15, -0.1) is 0 Å². The topological polar surface area (TPSA) is 22.0 Å². The highest BCUT2D eigenvalue weighted by Crippen LogP contribution is 2.30. The van der Waals surface area contributed by atoms with Gasteiger partial charge >= 0.3 is 6.18 Å². The van der Waals surface area contributed by atoms with Crippen LogP contribution >= 0.6 is 15.9 Å². The molecule has 0 spiro atoms. The first-order chi connectivity index (χ1) is 10.9. The van der Waals surface area contributed by atoms with Crippen LogP contribution in [0.4, 0.5) is 13.2 Å². The molecule has 0 saturated heterocycles. The van der Waals surface area contributed by atoms with Crippen LogP contribution in [-0.4, -0.2) is 16.5 Å². The Bertz CT molecular complexity index is 869. The van der Waals surface area contributed by atoms with E-state index in [1.807, 2.05) is 30.3 Å². The first-order valence-corrected chi connectivity index (χ1v) is 7.59. The highest BCUT2D eigenvalue weighted by molar-refractivity contribution is 9.10. The van der Waals surface area contributed by atoms with Gasteiger partial charge in [0.25, 0.3) is 5.78 Å². The summed E-state index contributed by atoms with van der Waals surface area (Å²) in [4.78, 5) is 11.7. The summed E-state index contributed by atoms with van der Waals surface area (Å²) in [7, 11) is 0. The summed E-state index contributed by atoms with van der Waals surface area (Å²) >= 11 is 3.24. The number of ketones is 1. The van der Waals surface area contributed by atoms with E-state index in [1.165, 1.54) is 12.3 Å². The number of carbonyl (C=O) groups is 1. The predicted molar refractivity (Wildman–Crippen MR) is 85.6 cm³/mol. The van der Waals surface area contributed by atoms with Crippen molar-refractivity contribution in [1.82, 2.24) is 4.57 Å². The van der Waals surface area contributed by atoms with Gasteiger partial charge in [0.05, 0.1) is 5.56 Å². The molecule has 0 amide bonds. The standard InChI is InChI=1S/C17H11BrF3NO/c18-12-6-7-15-13(8-12)14(16(23)17(19,20)21)10-22(15)9-11-4-2-1-3-5-11/h1-8,10H,9H2. The Hall–Kier alpha value is -2.08. The van der Waals surface area contributed by atoms with E-state index in [1.54, 1.807) is 16.7 Å². The summed E-state index contributed by atoms with van der Waals surface area (Å²) in [5.41, 5.74) is 1.20. The molecule has 6 heteroatoms. The molecule has 0 saturated carbocycles. The zero-order valence-electron chi connectivity index (χ0n) is 11.8. The molecular formula is C17H11BrF3NO. The van der Waals surface area contributed by atoms with Gasteiger partial charge in [-0.25, -0.2) is 0 Å². The first-order valence-electron chi connectivity index (χ1n) is 6.80. The van der Waals surface area contributed by atoms with Crippen LogP contribution in [0.5, 0.6) is 0 Å². The SMILES string of the molecule is O=C(c1cn(Cc2ccccc2)c2ccc(Br)cc12)C(F)(F)F.